The van der Waals surface area contributed by atoms with Crippen LogP contribution in [0.3, 0.4) is 0 Å². The number of benzene rings is 2. The third-order valence-electron chi connectivity index (χ3n) is 6.16. The van der Waals surface area contributed by atoms with E-state index in [2.05, 4.69) is 83.4 Å². The van der Waals surface area contributed by atoms with E-state index >= 15 is 0 Å². The quantitative estimate of drug-likeness (QED) is 0.213. The summed E-state index contributed by atoms with van der Waals surface area (Å²) in [7, 11) is -4.24. The SMILES string of the molecule is CCC(=Cc1sc2ccc(Br)cc2[n+]1CCCS(=O)(=O)[O-])C=C1Sc2cc(C)c(C)cc2N1CC. The summed E-state index contributed by atoms with van der Waals surface area (Å²) in [5, 5.41) is 2.26. The van der Waals surface area contributed by atoms with E-state index in [1.165, 1.54) is 32.3 Å². The molecule has 4 rings (SSSR count). The van der Waals surface area contributed by atoms with E-state index in [1.54, 1.807) is 11.3 Å². The number of allylic oxidation sites excluding steroid dienone is 2. The molecule has 186 valence electrons. The maximum Gasteiger partial charge on any atom is 0.263 e. The van der Waals surface area contributed by atoms with Crippen LogP contribution in [0.4, 0.5) is 5.69 Å². The van der Waals surface area contributed by atoms with Gasteiger partial charge in [-0.3, -0.25) is 0 Å². The average molecular weight is 594 g/mol. The monoisotopic (exact) mass is 592 g/mol. The van der Waals surface area contributed by atoms with Crippen molar-refractivity contribution in [3.8, 4) is 0 Å². The van der Waals surface area contributed by atoms with Crippen molar-refractivity contribution in [3.63, 3.8) is 0 Å². The molecule has 2 aromatic carbocycles. The van der Waals surface area contributed by atoms with Crippen molar-refractivity contribution in [2.75, 3.05) is 17.2 Å². The van der Waals surface area contributed by atoms with Crippen LogP contribution in [-0.2, 0) is 16.7 Å². The second-order valence-corrected chi connectivity index (χ2v) is 13.2. The summed E-state index contributed by atoms with van der Waals surface area (Å²) in [5.41, 5.74) is 6.10. The molecule has 0 spiro atoms. The first-order chi connectivity index (χ1) is 16.6. The van der Waals surface area contributed by atoms with Crippen molar-refractivity contribution in [1.82, 2.24) is 0 Å². The molecule has 1 aliphatic rings. The van der Waals surface area contributed by atoms with Crippen molar-refractivity contribution < 1.29 is 17.5 Å². The van der Waals surface area contributed by atoms with Gasteiger partial charge in [0.25, 0.3) is 5.01 Å². The van der Waals surface area contributed by atoms with Gasteiger partial charge in [-0.05, 0) is 74.2 Å². The normalized spacial score (nSPS) is 15.4. The van der Waals surface area contributed by atoms with E-state index in [0.717, 1.165) is 32.7 Å². The maximum atomic E-state index is 11.2. The summed E-state index contributed by atoms with van der Waals surface area (Å²) in [6.45, 7) is 10.0. The molecule has 0 atom stereocenters. The number of halogens is 1. The number of hydrogen-bond donors (Lipinski definition) is 0. The molecule has 0 fully saturated rings. The lowest BCUT2D eigenvalue weighted by Crippen LogP contribution is -2.36. The molecule has 5 nitrogen and oxygen atoms in total. The fourth-order valence-corrected chi connectivity index (χ4v) is 7.42. The minimum Gasteiger partial charge on any atom is -0.748 e. The van der Waals surface area contributed by atoms with Crippen LogP contribution in [0, 0.1) is 13.8 Å². The lowest BCUT2D eigenvalue weighted by molar-refractivity contribution is -0.668. The smallest absolute Gasteiger partial charge is 0.263 e. The van der Waals surface area contributed by atoms with Crippen LogP contribution in [0.25, 0.3) is 16.3 Å². The zero-order valence-corrected chi connectivity index (χ0v) is 24.3. The standard InChI is InChI=1S/C26H29BrN2O3S3/c1-5-19(14-25-28(6-2)21-12-17(3)18(4)13-24(21)34-25)15-26-29(10-7-11-35(30,31)32)22-16-20(27)8-9-23(22)33-26/h8-9,12-16H,5-7,10-11H2,1-4H3. The Bertz CT molecular complexity index is 1440. The first kappa shape index (κ1) is 26.4. The van der Waals surface area contributed by atoms with Gasteiger partial charge < -0.3 is 9.45 Å². The molecule has 1 aliphatic heterocycles. The highest BCUT2D eigenvalue weighted by molar-refractivity contribution is 9.10. The molecule has 0 aliphatic carbocycles. The van der Waals surface area contributed by atoms with Gasteiger partial charge in [-0.15, -0.1) is 0 Å². The number of hydrogen-bond acceptors (Lipinski definition) is 6. The number of fused-ring (bicyclic) bond motifs is 2. The predicted molar refractivity (Wildman–Crippen MR) is 150 cm³/mol. The number of rotatable bonds is 8. The van der Waals surface area contributed by atoms with Crippen molar-refractivity contribution in [2.24, 2.45) is 0 Å². The van der Waals surface area contributed by atoms with Gasteiger partial charge in [-0.2, -0.15) is 4.57 Å². The number of thioether (sulfide) groups is 1. The summed E-state index contributed by atoms with van der Waals surface area (Å²) in [6, 6.07) is 10.7. The molecule has 0 unspecified atom stereocenters. The van der Waals surface area contributed by atoms with E-state index in [-0.39, 0.29) is 12.2 Å². The fourth-order valence-electron chi connectivity index (χ4n) is 4.16. The average Bonchev–Trinajstić information content (AvgIpc) is 3.29. The van der Waals surface area contributed by atoms with E-state index in [9.17, 15) is 13.0 Å². The molecule has 0 saturated heterocycles. The van der Waals surface area contributed by atoms with E-state index in [1.807, 2.05) is 23.9 Å². The van der Waals surface area contributed by atoms with E-state index in [4.69, 9.17) is 0 Å². The van der Waals surface area contributed by atoms with Crippen LogP contribution >= 0.6 is 39.0 Å². The molecule has 0 N–H and O–H groups in total. The molecule has 3 aromatic rings. The van der Waals surface area contributed by atoms with Crippen molar-refractivity contribution in [2.45, 2.75) is 52.0 Å². The molecule has 0 radical (unpaired) electrons. The lowest BCUT2D eigenvalue weighted by Gasteiger charge is -2.19. The van der Waals surface area contributed by atoms with Crippen LogP contribution in [-0.4, -0.2) is 25.3 Å². The molecule has 9 heteroatoms. The zero-order valence-electron chi connectivity index (χ0n) is 20.3. The van der Waals surface area contributed by atoms with Crippen LogP contribution < -0.4 is 9.47 Å². The van der Waals surface area contributed by atoms with Gasteiger partial charge in [0.1, 0.15) is 4.70 Å². The van der Waals surface area contributed by atoms with Crippen molar-refractivity contribution in [3.05, 3.63) is 67.6 Å². The number of thiazole rings is 1. The van der Waals surface area contributed by atoms with Gasteiger partial charge in [0.15, 0.2) is 6.54 Å². The number of nitrogens with zero attached hydrogens (tertiary/aromatic N) is 2. The predicted octanol–water partition coefficient (Wildman–Crippen LogP) is 6.77. The summed E-state index contributed by atoms with van der Waals surface area (Å²) in [4.78, 5) is 3.66. The van der Waals surface area contributed by atoms with Gasteiger partial charge in [-0.25, -0.2) is 8.42 Å². The first-order valence-corrected chi connectivity index (χ1v) is 15.6. The van der Waals surface area contributed by atoms with Crippen molar-refractivity contribution in [1.29, 1.82) is 0 Å². The lowest BCUT2D eigenvalue weighted by atomic mass is 10.1. The molecule has 2 heterocycles. The summed E-state index contributed by atoms with van der Waals surface area (Å²) >= 11 is 7.04. The Hall–Kier alpha value is -1.65. The maximum absolute atomic E-state index is 11.2. The molecular formula is C26H29BrN2O3S3. The van der Waals surface area contributed by atoms with E-state index in [0.29, 0.717) is 6.54 Å². The Morgan fingerprint density at radius 3 is 2.60 bits per heavy atom. The van der Waals surface area contributed by atoms with E-state index < -0.39 is 10.1 Å². The van der Waals surface area contributed by atoms with Gasteiger partial charge in [0.2, 0.25) is 5.52 Å². The fraction of sp³-hybridized carbons (Fsp3) is 0.346. The molecule has 0 bridgehead atoms. The van der Waals surface area contributed by atoms with Crippen LogP contribution in [0.15, 0.2) is 56.4 Å². The molecule has 35 heavy (non-hydrogen) atoms. The highest BCUT2D eigenvalue weighted by Gasteiger charge is 2.25. The second-order valence-electron chi connectivity index (χ2n) is 8.63. The zero-order chi connectivity index (χ0) is 25.3. The first-order valence-electron chi connectivity index (χ1n) is 11.6. The minimum atomic E-state index is -4.24. The molecule has 0 amide bonds. The van der Waals surface area contributed by atoms with Crippen LogP contribution in [0.1, 0.15) is 42.8 Å². The summed E-state index contributed by atoms with van der Waals surface area (Å²) in [6.07, 6.45) is 5.62. The van der Waals surface area contributed by atoms with Crippen LogP contribution in [0.2, 0.25) is 0 Å². The number of anilines is 1. The van der Waals surface area contributed by atoms with Gasteiger partial charge in [0.05, 0.1) is 20.8 Å². The van der Waals surface area contributed by atoms with Gasteiger partial charge in [0, 0.05) is 40.2 Å². The highest BCUT2D eigenvalue weighted by atomic mass is 79.9. The Balaban J connectivity index is 1.73. The largest absolute Gasteiger partial charge is 0.748 e. The van der Waals surface area contributed by atoms with Gasteiger partial charge >= 0.3 is 0 Å². The third kappa shape index (κ3) is 6.02. The van der Waals surface area contributed by atoms with Crippen LogP contribution in [0.5, 0.6) is 0 Å². The van der Waals surface area contributed by atoms with Gasteiger partial charge in [-0.1, -0.05) is 46.0 Å². The highest BCUT2D eigenvalue weighted by Crippen LogP contribution is 2.47. The Morgan fingerprint density at radius 1 is 1.17 bits per heavy atom. The molecular weight excluding hydrogens is 564 g/mol. The Labute approximate surface area is 224 Å². The Morgan fingerprint density at radius 2 is 1.91 bits per heavy atom. The Kier molecular flexibility index (Phi) is 8.12. The molecule has 1 aromatic heterocycles. The number of aryl methyl sites for hydroxylation is 3. The number of aromatic nitrogens is 1. The topological polar surface area (TPSA) is 64.3 Å². The summed E-state index contributed by atoms with van der Waals surface area (Å²) in [5.74, 6) is -0.363. The second kappa shape index (κ2) is 10.8. The summed E-state index contributed by atoms with van der Waals surface area (Å²) < 4.78 is 37.7. The third-order valence-corrected chi connectivity index (χ3v) is 9.65. The minimum absolute atomic E-state index is 0.283. The van der Waals surface area contributed by atoms with Crippen molar-refractivity contribution >= 4 is 71.1 Å². The molecule has 0 saturated carbocycles.